The molecule has 34 heavy (non-hydrogen) atoms. The number of halogens is 3. The third-order valence-electron chi connectivity index (χ3n) is 5.26. The highest BCUT2D eigenvalue weighted by molar-refractivity contribution is 7.85. The normalized spacial score (nSPS) is 14.8. The fourth-order valence-electron chi connectivity index (χ4n) is 3.50. The van der Waals surface area contributed by atoms with Crippen molar-refractivity contribution in [1.29, 1.82) is 0 Å². The quantitative estimate of drug-likeness (QED) is 0.534. The summed E-state index contributed by atoms with van der Waals surface area (Å²) in [7, 11) is 0.582. The number of methoxy groups -OCH3 is 1. The van der Waals surface area contributed by atoms with E-state index in [9.17, 15) is 22.2 Å². The summed E-state index contributed by atoms with van der Waals surface area (Å²) < 4.78 is 60.1. The third-order valence-corrected chi connectivity index (χ3v) is 6.54. The Morgan fingerprint density at radius 3 is 2.41 bits per heavy atom. The van der Waals surface area contributed by atoms with Crippen molar-refractivity contribution in [3.8, 4) is 17.2 Å². The van der Waals surface area contributed by atoms with E-state index in [1.807, 2.05) is 0 Å². The molecule has 0 radical (unpaired) electrons. The standard InChI is InChI=1S/C22H21F3N4O4S/c1-32-18-5-3-2-4-17(18)29(21(30)28-10-12-34(31)13-11-28)14-15-6-8-16(9-7-15)19-26-27-20(33-19)22(23,24)25/h2-9H,10-14H2,1H3. The fraction of sp³-hybridized carbons (Fsp3) is 0.318. The van der Waals surface area contributed by atoms with E-state index in [1.54, 1.807) is 58.3 Å². The Bertz CT molecular complexity index is 1170. The van der Waals surface area contributed by atoms with Gasteiger partial charge in [0.1, 0.15) is 5.75 Å². The maximum absolute atomic E-state index is 13.4. The van der Waals surface area contributed by atoms with Crippen molar-refractivity contribution in [1.82, 2.24) is 15.1 Å². The van der Waals surface area contributed by atoms with E-state index in [4.69, 9.17) is 9.15 Å². The molecule has 0 spiro atoms. The minimum absolute atomic E-state index is 0.177. The molecule has 3 aromatic rings. The average Bonchev–Trinajstić information content (AvgIpc) is 3.34. The first kappa shape index (κ1) is 23.7. The molecule has 180 valence electrons. The maximum atomic E-state index is 13.4. The third kappa shape index (κ3) is 5.22. The molecular weight excluding hydrogens is 473 g/mol. The molecular formula is C22H21F3N4O4S. The number of ether oxygens (including phenoxy) is 1. The molecule has 1 aliphatic rings. The van der Waals surface area contributed by atoms with E-state index in [2.05, 4.69) is 10.2 Å². The maximum Gasteiger partial charge on any atom is 0.470 e. The van der Waals surface area contributed by atoms with E-state index in [-0.39, 0.29) is 18.5 Å². The van der Waals surface area contributed by atoms with Gasteiger partial charge in [0, 0.05) is 41.0 Å². The van der Waals surface area contributed by atoms with Crippen LogP contribution in [0.1, 0.15) is 11.5 Å². The van der Waals surface area contributed by atoms with Crippen LogP contribution in [0.2, 0.25) is 0 Å². The molecule has 1 fully saturated rings. The summed E-state index contributed by atoms with van der Waals surface area (Å²) in [5, 5.41) is 6.50. The predicted octanol–water partition coefficient (Wildman–Crippen LogP) is 3.95. The topological polar surface area (TPSA) is 88.8 Å². The lowest BCUT2D eigenvalue weighted by molar-refractivity contribution is -0.156. The van der Waals surface area contributed by atoms with Gasteiger partial charge >= 0.3 is 18.1 Å². The zero-order valence-electron chi connectivity index (χ0n) is 18.1. The number of hydrogen-bond donors (Lipinski definition) is 0. The van der Waals surface area contributed by atoms with E-state index in [1.165, 1.54) is 7.11 Å². The first-order chi connectivity index (χ1) is 16.3. The lowest BCUT2D eigenvalue weighted by Gasteiger charge is -2.33. The minimum Gasteiger partial charge on any atom is -0.495 e. The molecule has 0 saturated carbocycles. The number of carbonyl (C=O) groups is 1. The first-order valence-corrected chi connectivity index (χ1v) is 11.8. The van der Waals surface area contributed by atoms with Crippen LogP contribution in [0.25, 0.3) is 11.5 Å². The number of amides is 2. The molecule has 0 aliphatic carbocycles. The van der Waals surface area contributed by atoms with Crippen LogP contribution in [0.15, 0.2) is 52.9 Å². The minimum atomic E-state index is -4.72. The number of aromatic nitrogens is 2. The molecule has 1 saturated heterocycles. The van der Waals surface area contributed by atoms with E-state index >= 15 is 0 Å². The summed E-state index contributed by atoms with van der Waals surface area (Å²) in [6, 6.07) is 13.3. The molecule has 1 aliphatic heterocycles. The van der Waals surface area contributed by atoms with Crippen molar-refractivity contribution in [3.05, 3.63) is 60.0 Å². The van der Waals surface area contributed by atoms with Crippen LogP contribution >= 0.6 is 0 Å². The number of hydrogen-bond acceptors (Lipinski definition) is 6. The van der Waals surface area contributed by atoms with Gasteiger partial charge in [0.15, 0.2) is 0 Å². The average molecular weight is 494 g/mol. The largest absolute Gasteiger partial charge is 0.495 e. The number of alkyl halides is 3. The summed E-state index contributed by atoms with van der Waals surface area (Å²) in [6.07, 6.45) is -4.72. The van der Waals surface area contributed by atoms with Gasteiger partial charge in [-0.15, -0.1) is 10.2 Å². The summed E-state index contributed by atoms with van der Waals surface area (Å²) in [6.45, 7) is 0.945. The Balaban J connectivity index is 1.59. The molecule has 2 heterocycles. The van der Waals surface area contributed by atoms with Crippen LogP contribution in [-0.2, 0) is 23.5 Å². The zero-order chi connectivity index (χ0) is 24.3. The van der Waals surface area contributed by atoms with Crippen LogP contribution in [-0.4, -0.2) is 57.0 Å². The Morgan fingerprint density at radius 1 is 1.12 bits per heavy atom. The van der Waals surface area contributed by atoms with Gasteiger partial charge in [-0.05, 0) is 29.8 Å². The highest BCUT2D eigenvalue weighted by Crippen LogP contribution is 2.32. The van der Waals surface area contributed by atoms with Crippen molar-refractivity contribution in [2.24, 2.45) is 0 Å². The molecule has 12 heteroatoms. The van der Waals surface area contributed by atoms with Crippen LogP contribution in [0.4, 0.5) is 23.7 Å². The van der Waals surface area contributed by atoms with Crippen LogP contribution < -0.4 is 9.64 Å². The Morgan fingerprint density at radius 2 is 1.79 bits per heavy atom. The van der Waals surface area contributed by atoms with Gasteiger partial charge in [0.25, 0.3) is 0 Å². The summed E-state index contributed by atoms with van der Waals surface area (Å²) in [4.78, 5) is 16.6. The van der Waals surface area contributed by atoms with Crippen LogP contribution in [0, 0.1) is 0 Å². The monoisotopic (exact) mass is 494 g/mol. The van der Waals surface area contributed by atoms with Gasteiger partial charge in [-0.25, -0.2) is 4.79 Å². The second kappa shape index (κ2) is 9.84. The van der Waals surface area contributed by atoms with Gasteiger partial charge < -0.3 is 14.1 Å². The lowest BCUT2D eigenvalue weighted by Crippen LogP contribution is -2.48. The molecule has 1 aromatic heterocycles. The van der Waals surface area contributed by atoms with E-state index in [0.29, 0.717) is 41.6 Å². The number of rotatable bonds is 5. The Kier molecular flexibility index (Phi) is 6.87. The van der Waals surface area contributed by atoms with Crippen LogP contribution in [0.3, 0.4) is 0 Å². The van der Waals surface area contributed by atoms with Crippen molar-refractivity contribution < 1.29 is 31.3 Å². The van der Waals surface area contributed by atoms with E-state index in [0.717, 1.165) is 5.56 Å². The molecule has 0 unspecified atom stereocenters. The smallest absolute Gasteiger partial charge is 0.470 e. The molecule has 0 atom stereocenters. The Hall–Kier alpha value is -3.41. The summed E-state index contributed by atoms with van der Waals surface area (Å²) in [5.41, 5.74) is 1.61. The lowest BCUT2D eigenvalue weighted by atomic mass is 10.1. The van der Waals surface area contributed by atoms with Crippen molar-refractivity contribution in [3.63, 3.8) is 0 Å². The zero-order valence-corrected chi connectivity index (χ0v) is 18.9. The summed E-state index contributed by atoms with van der Waals surface area (Å²) in [5.74, 6) is -0.312. The molecule has 0 N–H and O–H groups in total. The van der Waals surface area contributed by atoms with Crippen molar-refractivity contribution in [2.75, 3.05) is 36.6 Å². The number of anilines is 1. The van der Waals surface area contributed by atoms with Gasteiger partial charge in [0.2, 0.25) is 5.89 Å². The number of para-hydroxylation sites is 2. The second-order valence-electron chi connectivity index (χ2n) is 7.48. The number of benzene rings is 2. The summed E-state index contributed by atoms with van der Waals surface area (Å²) >= 11 is 0. The number of nitrogens with zero attached hydrogens (tertiary/aromatic N) is 4. The van der Waals surface area contributed by atoms with Gasteiger partial charge in [-0.3, -0.25) is 9.11 Å². The SMILES string of the molecule is COc1ccccc1N(Cc1ccc(-c2nnc(C(F)(F)F)o2)cc1)C(=O)N1CCS(=O)CC1. The molecule has 2 amide bonds. The molecule has 8 nitrogen and oxygen atoms in total. The number of carbonyl (C=O) groups excluding carboxylic acids is 1. The van der Waals surface area contributed by atoms with Gasteiger partial charge in [-0.2, -0.15) is 13.2 Å². The van der Waals surface area contributed by atoms with E-state index < -0.39 is 22.9 Å². The van der Waals surface area contributed by atoms with Gasteiger partial charge in [-0.1, -0.05) is 24.3 Å². The number of urea groups is 1. The predicted molar refractivity (Wildman–Crippen MR) is 119 cm³/mol. The fourth-order valence-corrected chi connectivity index (χ4v) is 4.55. The second-order valence-corrected chi connectivity index (χ2v) is 9.18. The molecule has 0 bridgehead atoms. The van der Waals surface area contributed by atoms with Crippen molar-refractivity contribution in [2.45, 2.75) is 12.7 Å². The Labute approximate surface area is 195 Å². The molecule has 2 aromatic carbocycles. The molecule has 4 rings (SSSR count). The highest BCUT2D eigenvalue weighted by Gasteiger charge is 2.38. The van der Waals surface area contributed by atoms with Gasteiger partial charge in [0.05, 0.1) is 19.3 Å². The van der Waals surface area contributed by atoms with Crippen molar-refractivity contribution >= 4 is 22.5 Å². The first-order valence-electron chi connectivity index (χ1n) is 10.3. The highest BCUT2D eigenvalue weighted by atomic mass is 32.2. The van der Waals surface area contributed by atoms with Crippen LogP contribution in [0.5, 0.6) is 5.75 Å².